The zero-order chi connectivity index (χ0) is 17.7. The maximum absolute atomic E-state index is 12.5. The second kappa shape index (κ2) is 8.32. The van der Waals surface area contributed by atoms with Crippen molar-refractivity contribution in [2.24, 2.45) is 5.92 Å². The van der Waals surface area contributed by atoms with E-state index in [2.05, 4.69) is 32.2 Å². The van der Waals surface area contributed by atoms with Crippen LogP contribution in [-0.4, -0.2) is 24.9 Å². The first-order valence-electron chi connectivity index (χ1n) is 9.13. The van der Waals surface area contributed by atoms with Gasteiger partial charge >= 0.3 is 0 Å². The van der Waals surface area contributed by atoms with Gasteiger partial charge in [-0.25, -0.2) is 0 Å². The van der Waals surface area contributed by atoms with Crippen LogP contribution in [-0.2, 0) is 9.59 Å². The molecule has 1 aromatic carbocycles. The van der Waals surface area contributed by atoms with E-state index < -0.39 is 0 Å². The molecular weight excluding hydrogens is 300 g/mol. The number of benzene rings is 1. The molecule has 0 spiro atoms. The summed E-state index contributed by atoms with van der Waals surface area (Å²) in [5, 5.41) is 2.99. The van der Waals surface area contributed by atoms with Gasteiger partial charge in [-0.15, -0.1) is 0 Å². The predicted molar refractivity (Wildman–Crippen MR) is 98.3 cm³/mol. The van der Waals surface area contributed by atoms with Gasteiger partial charge in [0.15, 0.2) is 0 Å². The third-order valence-corrected chi connectivity index (χ3v) is 4.74. The molecule has 1 N–H and O–H groups in total. The molecule has 1 aliphatic heterocycles. The number of amides is 2. The standard InChI is InChI=1S/C20H30N2O2/c1-5-6-7-11-21-20(24)16-12-18(23)22(13-16)19-15(4)9-8-10-17(19)14(2)3/h8-10,14,16H,5-7,11-13H2,1-4H3,(H,21,24). The zero-order valence-electron chi connectivity index (χ0n) is 15.4. The van der Waals surface area contributed by atoms with Gasteiger partial charge in [0.2, 0.25) is 11.8 Å². The Balaban J connectivity index is 2.09. The van der Waals surface area contributed by atoms with E-state index in [0.717, 1.165) is 30.5 Å². The lowest BCUT2D eigenvalue weighted by molar-refractivity contribution is -0.126. The number of unbranched alkanes of at least 4 members (excludes halogenated alkanes) is 2. The number of nitrogens with zero attached hydrogens (tertiary/aromatic N) is 1. The average Bonchev–Trinajstić information content (AvgIpc) is 2.92. The Morgan fingerprint density at radius 3 is 2.75 bits per heavy atom. The van der Waals surface area contributed by atoms with Crippen LogP contribution in [0.2, 0.25) is 0 Å². The van der Waals surface area contributed by atoms with Gasteiger partial charge in [0.25, 0.3) is 0 Å². The summed E-state index contributed by atoms with van der Waals surface area (Å²) in [6, 6.07) is 6.15. The highest BCUT2D eigenvalue weighted by Gasteiger charge is 2.36. The molecule has 0 aromatic heterocycles. The first-order chi connectivity index (χ1) is 11.5. The van der Waals surface area contributed by atoms with E-state index in [9.17, 15) is 9.59 Å². The molecule has 1 aliphatic rings. The molecule has 4 nitrogen and oxygen atoms in total. The Morgan fingerprint density at radius 2 is 2.08 bits per heavy atom. The number of aryl methyl sites for hydroxylation is 1. The largest absolute Gasteiger partial charge is 0.356 e. The number of rotatable bonds is 7. The Kier molecular flexibility index (Phi) is 6.41. The summed E-state index contributed by atoms with van der Waals surface area (Å²) < 4.78 is 0. The third kappa shape index (κ3) is 4.16. The molecule has 4 heteroatoms. The minimum absolute atomic E-state index is 0.0154. The number of para-hydroxylation sites is 1. The van der Waals surface area contributed by atoms with E-state index in [0.29, 0.717) is 25.4 Å². The van der Waals surface area contributed by atoms with Crippen LogP contribution in [0.3, 0.4) is 0 Å². The monoisotopic (exact) mass is 330 g/mol. The molecule has 0 aliphatic carbocycles. The molecule has 24 heavy (non-hydrogen) atoms. The first-order valence-corrected chi connectivity index (χ1v) is 9.13. The van der Waals surface area contributed by atoms with Crippen molar-refractivity contribution in [1.82, 2.24) is 5.32 Å². The second-order valence-corrected chi connectivity index (χ2v) is 7.07. The number of hydrogen-bond acceptors (Lipinski definition) is 2. The number of carbonyl (C=O) groups excluding carboxylic acids is 2. The number of hydrogen-bond donors (Lipinski definition) is 1. The van der Waals surface area contributed by atoms with Crippen molar-refractivity contribution in [3.8, 4) is 0 Å². The molecule has 0 saturated carbocycles. The quantitative estimate of drug-likeness (QED) is 0.774. The van der Waals surface area contributed by atoms with Crippen LogP contribution in [0.15, 0.2) is 18.2 Å². The number of carbonyl (C=O) groups is 2. The lowest BCUT2D eigenvalue weighted by atomic mass is 9.97. The van der Waals surface area contributed by atoms with Crippen LogP contribution >= 0.6 is 0 Å². The van der Waals surface area contributed by atoms with Gasteiger partial charge in [0, 0.05) is 25.2 Å². The van der Waals surface area contributed by atoms with Crippen LogP contribution < -0.4 is 10.2 Å². The van der Waals surface area contributed by atoms with Crippen molar-refractivity contribution in [3.05, 3.63) is 29.3 Å². The first kappa shape index (κ1) is 18.5. The van der Waals surface area contributed by atoms with Gasteiger partial charge in [-0.05, 0) is 30.4 Å². The van der Waals surface area contributed by atoms with Gasteiger partial charge in [-0.3, -0.25) is 9.59 Å². The molecule has 2 rings (SSSR count). The Bertz CT molecular complexity index is 595. The Morgan fingerprint density at radius 1 is 1.33 bits per heavy atom. The zero-order valence-corrected chi connectivity index (χ0v) is 15.4. The molecular formula is C20H30N2O2. The predicted octanol–water partition coefficient (Wildman–Crippen LogP) is 3.78. The smallest absolute Gasteiger partial charge is 0.227 e. The minimum Gasteiger partial charge on any atom is -0.356 e. The van der Waals surface area contributed by atoms with Gasteiger partial charge < -0.3 is 10.2 Å². The van der Waals surface area contributed by atoms with Crippen LogP contribution in [0.25, 0.3) is 0 Å². The van der Waals surface area contributed by atoms with E-state index in [4.69, 9.17) is 0 Å². The molecule has 2 amide bonds. The summed E-state index contributed by atoms with van der Waals surface area (Å²) >= 11 is 0. The molecule has 0 radical (unpaired) electrons. The molecule has 0 bridgehead atoms. The molecule has 1 aromatic rings. The topological polar surface area (TPSA) is 49.4 Å². The highest BCUT2D eigenvalue weighted by atomic mass is 16.2. The van der Waals surface area contributed by atoms with E-state index in [-0.39, 0.29) is 17.7 Å². The van der Waals surface area contributed by atoms with E-state index in [1.807, 2.05) is 24.0 Å². The molecule has 1 fully saturated rings. The van der Waals surface area contributed by atoms with Crippen LogP contribution in [0.4, 0.5) is 5.69 Å². The lowest BCUT2D eigenvalue weighted by Gasteiger charge is -2.24. The fraction of sp³-hybridized carbons (Fsp3) is 0.600. The van der Waals surface area contributed by atoms with Crippen molar-refractivity contribution in [2.45, 2.75) is 59.3 Å². The maximum Gasteiger partial charge on any atom is 0.227 e. The maximum atomic E-state index is 12.5. The van der Waals surface area contributed by atoms with Gasteiger partial charge in [-0.1, -0.05) is 51.8 Å². The fourth-order valence-corrected chi connectivity index (χ4v) is 3.35. The molecule has 1 heterocycles. The summed E-state index contributed by atoms with van der Waals surface area (Å²) in [7, 11) is 0. The van der Waals surface area contributed by atoms with Crippen LogP contribution in [0.5, 0.6) is 0 Å². The van der Waals surface area contributed by atoms with Gasteiger partial charge in [0.05, 0.1) is 5.92 Å². The normalized spacial score (nSPS) is 17.6. The summed E-state index contributed by atoms with van der Waals surface area (Å²) in [5.41, 5.74) is 3.27. The van der Waals surface area contributed by atoms with E-state index in [1.54, 1.807) is 0 Å². The van der Waals surface area contributed by atoms with Gasteiger partial charge in [0.1, 0.15) is 0 Å². The Labute approximate surface area is 145 Å². The third-order valence-electron chi connectivity index (χ3n) is 4.74. The van der Waals surface area contributed by atoms with E-state index >= 15 is 0 Å². The molecule has 1 saturated heterocycles. The summed E-state index contributed by atoms with van der Waals surface area (Å²) in [5.74, 6) is 0.176. The summed E-state index contributed by atoms with van der Waals surface area (Å²) in [6.07, 6.45) is 3.57. The van der Waals surface area contributed by atoms with Gasteiger partial charge in [-0.2, -0.15) is 0 Å². The average molecular weight is 330 g/mol. The van der Waals surface area contributed by atoms with E-state index in [1.165, 1.54) is 5.56 Å². The highest BCUT2D eigenvalue weighted by Crippen LogP contribution is 2.34. The van der Waals surface area contributed by atoms with Crippen molar-refractivity contribution >= 4 is 17.5 Å². The fourth-order valence-electron chi connectivity index (χ4n) is 3.35. The minimum atomic E-state index is -0.237. The van der Waals surface area contributed by atoms with Crippen molar-refractivity contribution in [1.29, 1.82) is 0 Å². The number of anilines is 1. The van der Waals surface area contributed by atoms with Crippen molar-refractivity contribution in [2.75, 3.05) is 18.0 Å². The second-order valence-electron chi connectivity index (χ2n) is 7.07. The summed E-state index contributed by atoms with van der Waals surface area (Å²) in [6.45, 7) is 9.64. The van der Waals surface area contributed by atoms with Crippen LogP contribution in [0.1, 0.15) is 63.5 Å². The molecule has 1 atom stereocenters. The van der Waals surface area contributed by atoms with Crippen LogP contribution in [0, 0.1) is 12.8 Å². The lowest BCUT2D eigenvalue weighted by Crippen LogP contribution is -2.34. The summed E-state index contributed by atoms with van der Waals surface area (Å²) in [4.78, 5) is 26.7. The van der Waals surface area contributed by atoms with Crippen molar-refractivity contribution in [3.63, 3.8) is 0 Å². The van der Waals surface area contributed by atoms with Crippen molar-refractivity contribution < 1.29 is 9.59 Å². The SMILES string of the molecule is CCCCCNC(=O)C1CC(=O)N(c2c(C)cccc2C(C)C)C1. The molecule has 132 valence electrons. The highest BCUT2D eigenvalue weighted by molar-refractivity contribution is 6.01. The molecule has 1 unspecified atom stereocenters. The number of nitrogens with one attached hydrogen (secondary N) is 1. The Hall–Kier alpha value is -1.84.